The van der Waals surface area contributed by atoms with E-state index >= 15 is 9.59 Å². The molecule has 6 atom stereocenters. The number of benzene rings is 2. The number of hydrogen-bond acceptors (Lipinski definition) is 10. The van der Waals surface area contributed by atoms with Crippen LogP contribution in [0.4, 0.5) is 0 Å². The zero-order valence-electron chi connectivity index (χ0n) is 37.3. The molecule has 3 aliphatic carbocycles. The molecule has 1 N–H and O–H groups in total. The van der Waals surface area contributed by atoms with E-state index in [0.29, 0.717) is 70.1 Å². The highest BCUT2D eigenvalue weighted by atomic mass is 16.6. The van der Waals surface area contributed by atoms with Gasteiger partial charge in [0.25, 0.3) is 0 Å². The van der Waals surface area contributed by atoms with Gasteiger partial charge in [0.1, 0.15) is 28.4 Å². The Morgan fingerprint density at radius 1 is 0.934 bits per heavy atom. The second-order valence-corrected chi connectivity index (χ2v) is 19.0. The van der Waals surface area contributed by atoms with Crippen molar-refractivity contribution in [2.75, 3.05) is 21.3 Å². The molecule has 10 heteroatoms. The van der Waals surface area contributed by atoms with E-state index in [1.807, 2.05) is 52.8 Å². The van der Waals surface area contributed by atoms with Crippen molar-refractivity contribution in [3.05, 3.63) is 99.2 Å². The first-order valence-corrected chi connectivity index (χ1v) is 21.2. The number of allylic oxidation sites excluding steroid dienone is 7. The van der Waals surface area contributed by atoms with Gasteiger partial charge in [-0.3, -0.25) is 14.4 Å². The molecule has 322 valence electrons. The quantitative estimate of drug-likeness (QED) is 0.145. The van der Waals surface area contributed by atoms with E-state index < -0.39 is 33.7 Å². The van der Waals surface area contributed by atoms with Crippen LogP contribution in [0.5, 0.6) is 34.5 Å². The summed E-state index contributed by atoms with van der Waals surface area (Å²) in [6.07, 6.45) is 14.4. The first kappa shape index (κ1) is 42.3. The first-order chi connectivity index (χ1) is 28.7. The number of carbonyl (C=O) groups is 3. The van der Waals surface area contributed by atoms with E-state index in [-0.39, 0.29) is 53.2 Å². The Morgan fingerprint density at radius 2 is 1.61 bits per heavy atom. The van der Waals surface area contributed by atoms with Gasteiger partial charge in [-0.15, -0.1) is 0 Å². The van der Waals surface area contributed by atoms with Crippen molar-refractivity contribution in [3.8, 4) is 34.5 Å². The van der Waals surface area contributed by atoms with Gasteiger partial charge in [0.2, 0.25) is 5.75 Å². The van der Waals surface area contributed by atoms with Crippen molar-refractivity contribution < 1.29 is 47.9 Å². The van der Waals surface area contributed by atoms with Crippen LogP contribution in [0, 0.1) is 17.3 Å². The number of rotatable bonds is 14. The molecule has 2 aromatic rings. The number of hydrogen-bond donors (Lipinski definition) is 1. The van der Waals surface area contributed by atoms with Gasteiger partial charge in [0, 0.05) is 41.2 Å². The number of fused-ring (bicyclic) bond motifs is 2. The fourth-order valence-corrected chi connectivity index (χ4v) is 11.2. The van der Waals surface area contributed by atoms with Gasteiger partial charge in [0.15, 0.2) is 40.1 Å². The average molecular weight is 831 g/mol. The molecular weight excluding hydrogens is 773 g/mol. The second kappa shape index (κ2) is 14.4. The predicted octanol–water partition coefficient (Wildman–Crippen LogP) is 9.55. The van der Waals surface area contributed by atoms with Gasteiger partial charge in [-0.05, 0) is 122 Å². The Morgan fingerprint density at radius 3 is 2.23 bits per heavy atom. The zero-order valence-corrected chi connectivity index (χ0v) is 37.3. The Balaban J connectivity index is 1.21. The minimum Gasteiger partial charge on any atom is -0.506 e. The third kappa shape index (κ3) is 6.10. The molecule has 1 saturated heterocycles. The third-order valence-electron chi connectivity index (χ3n) is 13.9. The number of phenols is 1. The van der Waals surface area contributed by atoms with E-state index in [1.54, 1.807) is 25.1 Å². The van der Waals surface area contributed by atoms with Gasteiger partial charge in [-0.2, -0.15) is 0 Å². The highest BCUT2D eigenvalue weighted by Gasteiger charge is 2.91. The molecule has 3 aliphatic heterocycles. The van der Waals surface area contributed by atoms with Gasteiger partial charge in [0.05, 0.1) is 32.5 Å². The van der Waals surface area contributed by atoms with Crippen molar-refractivity contribution in [1.82, 2.24) is 0 Å². The summed E-state index contributed by atoms with van der Waals surface area (Å²) in [6.45, 7) is 20.0. The van der Waals surface area contributed by atoms with Gasteiger partial charge in [-0.25, -0.2) is 0 Å². The lowest BCUT2D eigenvalue weighted by Crippen LogP contribution is -2.67. The number of ketones is 3. The van der Waals surface area contributed by atoms with Crippen LogP contribution in [0.25, 0.3) is 6.08 Å². The number of ether oxygens (including phenoxy) is 6. The molecule has 0 radical (unpaired) electrons. The highest BCUT2D eigenvalue weighted by molar-refractivity contribution is 6.19. The lowest BCUT2D eigenvalue weighted by atomic mass is 9.59. The lowest BCUT2D eigenvalue weighted by Gasteiger charge is -2.50. The van der Waals surface area contributed by atoms with Crippen LogP contribution in [0.15, 0.2) is 77.0 Å². The minimum atomic E-state index is -1.65. The maximum Gasteiger partial charge on any atom is 0.203 e. The maximum atomic E-state index is 15.3. The average Bonchev–Trinajstić information content (AvgIpc) is 3.79. The number of phenolic OH excluding ortho intramolecular Hbond substituents is 1. The molecule has 0 aromatic heterocycles. The van der Waals surface area contributed by atoms with Gasteiger partial charge >= 0.3 is 0 Å². The van der Waals surface area contributed by atoms with Crippen molar-refractivity contribution in [3.63, 3.8) is 0 Å². The highest BCUT2D eigenvalue weighted by Crippen LogP contribution is 2.82. The Hall–Kier alpha value is -5.35. The summed E-state index contributed by atoms with van der Waals surface area (Å²) in [5.74, 6) is 0.261. The van der Waals surface area contributed by atoms with Crippen LogP contribution < -0.4 is 23.7 Å². The van der Waals surface area contributed by atoms with Crippen LogP contribution in [0.1, 0.15) is 108 Å². The van der Waals surface area contributed by atoms with E-state index in [9.17, 15) is 9.90 Å². The van der Waals surface area contributed by atoms with Crippen LogP contribution in [0.2, 0.25) is 0 Å². The number of Topliss-reactive ketones (excluding diaryl/α,β-unsaturated/α-hetero) is 3. The standard InChI is InChI=1S/C51H58O10/c1-27(2)14-13-19-48(9)20-18-32-40(53)38-41(54)34-25-49-26-35(49)45(55)50(21-17-29(5)39(52)30(6)22-31-23-36(56-10)44(58-12)37(24-31)57-11)51(34,46(49)47(7,8)61-50)60-43(38)33(42(32)59-48)16-15-28(3)4/h14-15,17-18,20,23-25,35,46,53H,6,13,16,19,21-22,26H2,1-5,7-12H3/b29-17-/t35?,46?,48?,49-,50?,51?/m1/s1. The lowest BCUT2D eigenvalue weighted by molar-refractivity contribution is -0.166. The van der Waals surface area contributed by atoms with Crippen LogP contribution in [0.3, 0.4) is 0 Å². The van der Waals surface area contributed by atoms with Crippen LogP contribution in [-0.4, -0.2) is 66.2 Å². The summed E-state index contributed by atoms with van der Waals surface area (Å²) in [5.41, 5.74) is -0.235. The Kier molecular flexibility index (Phi) is 9.97. The molecule has 3 heterocycles. The fourth-order valence-electron chi connectivity index (χ4n) is 11.2. The molecule has 0 amide bonds. The molecule has 61 heavy (non-hydrogen) atoms. The third-order valence-corrected chi connectivity index (χ3v) is 13.9. The van der Waals surface area contributed by atoms with Crippen LogP contribution in [-0.2, 0) is 27.2 Å². The molecule has 4 bridgehead atoms. The Bertz CT molecular complexity index is 2440. The number of carbonyl (C=O) groups excluding carboxylic acids is 3. The predicted molar refractivity (Wildman–Crippen MR) is 233 cm³/mol. The summed E-state index contributed by atoms with van der Waals surface area (Å²) in [5, 5.41) is 12.1. The molecule has 2 aromatic carbocycles. The Labute approximate surface area is 359 Å². The normalized spacial score (nSPS) is 29.2. The maximum absolute atomic E-state index is 15.3. The van der Waals surface area contributed by atoms with Crippen molar-refractivity contribution in [2.45, 2.75) is 116 Å². The number of aromatic hydroxyl groups is 1. The summed E-state index contributed by atoms with van der Waals surface area (Å²) >= 11 is 0. The van der Waals surface area contributed by atoms with E-state index in [0.717, 1.165) is 17.6 Å². The first-order valence-electron chi connectivity index (χ1n) is 21.2. The van der Waals surface area contributed by atoms with E-state index in [1.165, 1.54) is 26.9 Å². The summed E-state index contributed by atoms with van der Waals surface area (Å²) in [6, 6.07) is 3.56. The molecule has 5 unspecified atom stereocenters. The summed E-state index contributed by atoms with van der Waals surface area (Å²) < 4.78 is 37.9. The molecule has 2 spiro atoms. The largest absolute Gasteiger partial charge is 0.506 e. The molecule has 2 saturated carbocycles. The topological polar surface area (TPSA) is 127 Å². The smallest absolute Gasteiger partial charge is 0.203 e. The molecule has 6 aliphatic rings. The van der Waals surface area contributed by atoms with Crippen molar-refractivity contribution in [1.29, 1.82) is 0 Å². The SMILES string of the molecule is C=C(Cc1cc(OC)c(OC)c(OC)c1)C(=O)/C(C)=C\CC12OC(C)(C)C3C14Oc1c(CC=C(C)C)c5c(c(O)c1C(=O)C4=C[C@]31CC1C2=O)C=CC(C)(CCC=C(C)C)O5. The van der Waals surface area contributed by atoms with Gasteiger partial charge < -0.3 is 33.5 Å². The monoisotopic (exact) mass is 830 g/mol. The molecule has 8 rings (SSSR count). The van der Waals surface area contributed by atoms with Crippen LogP contribution >= 0.6 is 0 Å². The molecular formula is C51H58O10. The molecule has 3 fully saturated rings. The molecule has 10 nitrogen and oxygen atoms in total. The number of methoxy groups -OCH3 is 3. The zero-order chi connectivity index (χ0) is 44.2. The summed E-state index contributed by atoms with van der Waals surface area (Å²) in [7, 11) is 4.59. The minimum absolute atomic E-state index is 0.0186. The second-order valence-electron chi connectivity index (χ2n) is 19.0. The van der Waals surface area contributed by atoms with E-state index in [2.05, 4.69) is 32.6 Å². The van der Waals surface area contributed by atoms with Crippen molar-refractivity contribution >= 4 is 23.4 Å². The van der Waals surface area contributed by atoms with Gasteiger partial charge in [-0.1, -0.05) is 42.0 Å². The van der Waals surface area contributed by atoms with Crippen molar-refractivity contribution in [2.24, 2.45) is 17.3 Å². The summed E-state index contributed by atoms with van der Waals surface area (Å²) in [4.78, 5) is 44.4. The van der Waals surface area contributed by atoms with E-state index in [4.69, 9.17) is 28.4 Å². The fraction of sp³-hybridized carbons (Fsp3) is 0.471.